The number of H-pyrrole nitrogens is 2. The molecule has 0 bridgehead atoms. The zero-order chi connectivity index (χ0) is 33.2. The van der Waals surface area contributed by atoms with Crippen molar-refractivity contribution in [1.29, 1.82) is 0 Å². The lowest BCUT2D eigenvalue weighted by atomic mass is 10.0. The molecule has 0 radical (unpaired) electrons. The molecule has 2 amide bonds. The van der Waals surface area contributed by atoms with E-state index in [1.54, 1.807) is 24.1 Å². The maximum atomic E-state index is 13.0. The third-order valence-electron chi connectivity index (χ3n) is 8.73. The summed E-state index contributed by atoms with van der Waals surface area (Å²) in [5.74, 6) is -0.165. The number of imidazole rings is 1. The number of piperazine rings is 1. The first-order valence-corrected chi connectivity index (χ1v) is 15.9. The van der Waals surface area contributed by atoms with E-state index >= 15 is 0 Å². The zero-order valence-electron chi connectivity index (χ0n) is 26.8. The van der Waals surface area contributed by atoms with Crippen LogP contribution in [0.5, 0.6) is 5.88 Å². The number of aromatic amines is 2. The molecule has 7 rings (SSSR count). The second kappa shape index (κ2) is 13.1. The van der Waals surface area contributed by atoms with Gasteiger partial charge >= 0.3 is 0 Å². The topological polar surface area (TPSA) is 133 Å². The maximum absolute atomic E-state index is 13.0. The van der Waals surface area contributed by atoms with Crippen LogP contribution < -0.4 is 10.2 Å². The van der Waals surface area contributed by atoms with Crippen molar-refractivity contribution >= 4 is 56.5 Å². The highest BCUT2D eigenvalue weighted by Crippen LogP contribution is 2.33. The highest BCUT2D eigenvalue weighted by Gasteiger charge is 2.21. The Morgan fingerprint density at radius 3 is 2.38 bits per heavy atom. The molecule has 242 valence electrons. The first-order chi connectivity index (χ1) is 23.3. The summed E-state index contributed by atoms with van der Waals surface area (Å²) in [5, 5.41) is 14.8. The van der Waals surface area contributed by atoms with Gasteiger partial charge in [0.15, 0.2) is 11.7 Å². The molecule has 48 heavy (non-hydrogen) atoms. The van der Waals surface area contributed by atoms with Gasteiger partial charge in [-0.2, -0.15) is 0 Å². The van der Waals surface area contributed by atoms with Gasteiger partial charge in [-0.3, -0.25) is 14.5 Å². The van der Waals surface area contributed by atoms with Crippen LogP contribution in [0.4, 0.5) is 17.1 Å². The lowest BCUT2D eigenvalue weighted by Gasteiger charge is -2.32. The highest BCUT2D eigenvalue weighted by molar-refractivity contribution is 6.22. The number of para-hydroxylation sites is 2. The molecule has 1 saturated heterocycles. The Kier molecular flexibility index (Phi) is 8.45. The van der Waals surface area contributed by atoms with Gasteiger partial charge in [0.25, 0.3) is 5.91 Å². The van der Waals surface area contributed by atoms with E-state index in [4.69, 9.17) is 4.99 Å². The number of nitrogens with one attached hydrogen (secondary N) is 3. The number of hydrogen-bond donors (Lipinski definition) is 4. The van der Waals surface area contributed by atoms with E-state index in [9.17, 15) is 14.7 Å². The Labute approximate surface area is 277 Å². The van der Waals surface area contributed by atoms with Crippen LogP contribution in [0.1, 0.15) is 21.7 Å². The van der Waals surface area contributed by atoms with Crippen LogP contribution in [0.25, 0.3) is 21.9 Å². The minimum Gasteiger partial charge on any atom is -0.494 e. The number of hydrogen-bond acceptors (Lipinski definition) is 7. The van der Waals surface area contributed by atoms with Crippen LogP contribution in [0.15, 0.2) is 102 Å². The molecule has 4 aromatic carbocycles. The predicted octanol–water partition coefficient (Wildman–Crippen LogP) is 5.38. The minimum atomic E-state index is -0.372. The Morgan fingerprint density at radius 2 is 1.62 bits per heavy atom. The molecule has 11 nitrogen and oxygen atoms in total. The number of carbonyl (C=O) groups excluding carboxylic acids is 2. The summed E-state index contributed by atoms with van der Waals surface area (Å²) in [7, 11) is 3.89. The summed E-state index contributed by atoms with van der Waals surface area (Å²) in [4.78, 5) is 47.6. The summed E-state index contributed by atoms with van der Waals surface area (Å²) >= 11 is 0. The van der Waals surface area contributed by atoms with E-state index in [2.05, 4.69) is 37.1 Å². The maximum Gasteiger partial charge on any atom is 0.291 e. The summed E-state index contributed by atoms with van der Waals surface area (Å²) in [6.45, 7) is 4.06. The van der Waals surface area contributed by atoms with E-state index in [0.29, 0.717) is 40.2 Å². The van der Waals surface area contributed by atoms with Crippen molar-refractivity contribution in [2.24, 2.45) is 4.99 Å². The third kappa shape index (κ3) is 6.41. The van der Waals surface area contributed by atoms with Crippen LogP contribution in [0, 0.1) is 0 Å². The standard InChI is InChI=1S/C37H36N8O3/c1-43-18-20-45(21-19-43)23-32(46)44(2)27-15-12-25(13-16-27)38-34(24-8-4-3-5-9-24)33-28-17-14-26(22-31(28)42-36(33)47)39-37(48)35-40-29-10-6-7-11-30(29)41-35/h3-17,22,42,47H,18-21,23H2,1-2H3,(H,39,48)(H,40,41). The number of carbonyl (C=O) groups is 2. The van der Waals surface area contributed by atoms with Crippen LogP contribution in [0.2, 0.25) is 0 Å². The fourth-order valence-corrected chi connectivity index (χ4v) is 5.94. The molecule has 0 saturated carbocycles. The van der Waals surface area contributed by atoms with Gasteiger partial charge in [0.2, 0.25) is 5.91 Å². The second-order valence-corrected chi connectivity index (χ2v) is 12.0. The van der Waals surface area contributed by atoms with E-state index in [1.165, 1.54) is 0 Å². The van der Waals surface area contributed by atoms with Gasteiger partial charge in [-0.15, -0.1) is 0 Å². The molecule has 4 N–H and O–H groups in total. The van der Waals surface area contributed by atoms with E-state index < -0.39 is 0 Å². The Bertz CT molecular complexity index is 2090. The predicted molar refractivity (Wildman–Crippen MR) is 190 cm³/mol. The lowest BCUT2D eigenvalue weighted by Crippen LogP contribution is -2.48. The average Bonchev–Trinajstić information content (AvgIpc) is 3.69. The number of aromatic nitrogens is 3. The fourth-order valence-electron chi connectivity index (χ4n) is 5.94. The van der Waals surface area contributed by atoms with Gasteiger partial charge < -0.3 is 30.2 Å². The first kappa shape index (κ1) is 30.9. The SMILES string of the molecule is CN1CCN(CC(=O)N(C)c2ccc(N=C(c3ccccc3)c3c(O)[nH]c4cc(NC(=O)c5nc6ccccc6[nH]5)ccc34)cc2)CC1. The van der Waals surface area contributed by atoms with Gasteiger partial charge in [-0.25, -0.2) is 9.98 Å². The van der Waals surface area contributed by atoms with Gasteiger partial charge in [-0.05, 0) is 61.6 Å². The molecule has 1 fully saturated rings. The second-order valence-electron chi connectivity index (χ2n) is 12.0. The smallest absolute Gasteiger partial charge is 0.291 e. The molecule has 3 heterocycles. The van der Waals surface area contributed by atoms with Gasteiger partial charge in [-0.1, -0.05) is 42.5 Å². The molecule has 6 aromatic rings. The largest absolute Gasteiger partial charge is 0.494 e. The molecular formula is C37H36N8O3. The number of benzene rings is 4. The number of aliphatic imine (C=N–C) groups is 1. The van der Waals surface area contributed by atoms with Crippen LogP contribution in [0.3, 0.4) is 0 Å². The third-order valence-corrected chi connectivity index (χ3v) is 8.73. The monoisotopic (exact) mass is 640 g/mol. The van der Waals surface area contributed by atoms with Gasteiger partial charge in [0.1, 0.15) is 0 Å². The summed E-state index contributed by atoms with van der Waals surface area (Å²) in [6, 6.07) is 30.0. The molecule has 0 atom stereocenters. The van der Waals surface area contributed by atoms with Crippen molar-refractivity contribution in [3.63, 3.8) is 0 Å². The van der Waals surface area contributed by atoms with Crippen molar-refractivity contribution in [3.05, 3.63) is 114 Å². The van der Waals surface area contributed by atoms with Crippen LogP contribution in [-0.2, 0) is 4.79 Å². The van der Waals surface area contributed by atoms with Crippen molar-refractivity contribution in [3.8, 4) is 5.88 Å². The number of aromatic hydroxyl groups is 1. The fraction of sp³-hybridized carbons (Fsp3) is 0.189. The molecular weight excluding hydrogens is 604 g/mol. The van der Waals surface area contributed by atoms with Crippen molar-refractivity contribution in [1.82, 2.24) is 24.8 Å². The lowest BCUT2D eigenvalue weighted by molar-refractivity contribution is -0.119. The van der Waals surface area contributed by atoms with Crippen LogP contribution in [-0.4, -0.2) is 94.2 Å². The average molecular weight is 641 g/mol. The van der Waals surface area contributed by atoms with Crippen molar-refractivity contribution in [2.45, 2.75) is 0 Å². The zero-order valence-corrected chi connectivity index (χ0v) is 26.8. The Balaban J connectivity index is 1.14. The molecule has 0 aliphatic carbocycles. The summed E-state index contributed by atoms with van der Waals surface area (Å²) < 4.78 is 0. The molecule has 1 aliphatic heterocycles. The number of rotatable bonds is 8. The van der Waals surface area contributed by atoms with E-state index in [0.717, 1.165) is 48.3 Å². The molecule has 11 heteroatoms. The van der Waals surface area contributed by atoms with Crippen molar-refractivity contribution in [2.75, 3.05) is 57.0 Å². The number of nitrogens with zero attached hydrogens (tertiary/aromatic N) is 5. The molecule has 0 spiro atoms. The van der Waals surface area contributed by atoms with E-state index in [-0.39, 0.29) is 23.5 Å². The summed E-state index contributed by atoms with van der Waals surface area (Å²) in [5.41, 5.74) is 6.04. The first-order valence-electron chi connectivity index (χ1n) is 15.9. The molecule has 1 aliphatic rings. The normalized spacial score (nSPS) is 14.4. The number of amides is 2. The molecule has 2 aromatic heterocycles. The number of fused-ring (bicyclic) bond motifs is 2. The van der Waals surface area contributed by atoms with Gasteiger partial charge in [0.05, 0.1) is 40.1 Å². The Hall–Kier alpha value is -5.78. The molecule has 0 unspecified atom stereocenters. The Morgan fingerprint density at radius 1 is 0.896 bits per heavy atom. The van der Waals surface area contributed by atoms with Crippen LogP contribution >= 0.6 is 0 Å². The number of likely N-dealkylation sites (N-methyl/N-ethyl adjacent to an activating group) is 2. The highest BCUT2D eigenvalue weighted by atomic mass is 16.3. The van der Waals surface area contributed by atoms with E-state index in [1.807, 2.05) is 84.9 Å². The van der Waals surface area contributed by atoms with Gasteiger partial charge in [0, 0.05) is 55.6 Å². The summed E-state index contributed by atoms with van der Waals surface area (Å²) in [6.07, 6.45) is 0. The minimum absolute atomic E-state index is 0.0395. The number of anilines is 2. The van der Waals surface area contributed by atoms with Crippen molar-refractivity contribution < 1.29 is 14.7 Å². The quantitative estimate of drug-likeness (QED) is 0.165.